The van der Waals surface area contributed by atoms with Gasteiger partial charge in [-0.3, -0.25) is 0 Å². The highest BCUT2D eigenvalue weighted by Crippen LogP contribution is 2.60. The molecule has 4 aromatic rings. The van der Waals surface area contributed by atoms with Crippen LogP contribution in [0.2, 0.25) is 0 Å². The van der Waals surface area contributed by atoms with Gasteiger partial charge in [-0.25, -0.2) is 0 Å². The second kappa shape index (κ2) is 23.1. The van der Waals surface area contributed by atoms with Crippen LogP contribution in [0.5, 0.6) is 46.0 Å². The standard InChI is InChI=1S/C52H60Br4O8.C2H3N/c1-5-9-13-17-29-33-21-35-30(18-14-10-6-2)37-23-39-32(20-16-12-8-4)40-24-38-31(19-15-11-7-3)36-22-34(29)46-42(54)48(36)60-27-62-50(38)44(56)52(40)64-28-63-51(39)43(55)49(37)61-26-59-47(35)41(53)45(33)57-25-58-46;1-2-3/h21-24,29-32H,5-20,25-28H2,1-4H3;1H3. The smallest absolute Gasteiger partial charge is 0.231 e. The first-order valence-corrected chi connectivity index (χ1v) is 27.7. The number of benzene rings is 4. The lowest BCUT2D eigenvalue weighted by Gasteiger charge is -2.36. The van der Waals surface area contributed by atoms with Crippen LogP contribution >= 0.6 is 63.7 Å². The molecule has 9 nitrogen and oxygen atoms in total. The second-order valence-corrected chi connectivity index (χ2v) is 21.3. The molecule has 4 aliphatic heterocycles. The molecule has 8 bridgehead atoms. The van der Waals surface area contributed by atoms with Crippen molar-refractivity contribution in [1.82, 2.24) is 0 Å². The van der Waals surface area contributed by atoms with E-state index < -0.39 is 0 Å². The number of unbranched alkanes of at least 4 members (excludes halogenated alkanes) is 8. The van der Waals surface area contributed by atoms with Gasteiger partial charge in [0, 0.05) is 75.1 Å². The number of nitriles is 1. The summed E-state index contributed by atoms with van der Waals surface area (Å²) in [6, 6.07) is 11.4. The lowest BCUT2D eigenvalue weighted by atomic mass is 9.76. The van der Waals surface area contributed by atoms with Gasteiger partial charge in [0.2, 0.25) is 27.2 Å². The van der Waals surface area contributed by atoms with E-state index in [0.29, 0.717) is 0 Å². The van der Waals surface area contributed by atoms with E-state index in [1.165, 1.54) is 6.92 Å². The van der Waals surface area contributed by atoms with Gasteiger partial charge in [-0.1, -0.05) is 105 Å². The van der Waals surface area contributed by atoms with Crippen LogP contribution in [0.25, 0.3) is 0 Å². The fourth-order valence-corrected chi connectivity index (χ4v) is 13.5. The van der Waals surface area contributed by atoms with Crippen molar-refractivity contribution in [3.8, 4) is 52.1 Å². The third-order valence-electron chi connectivity index (χ3n) is 14.0. The van der Waals surface area contributed by atoms with Crippen molar-refractivity contribution in [1.29, 1.82) is 5.26 Å². The average Bonchev–Trinajstić information content (AvgIpc) is 3.29. The highest BCUT2D eigenvalue weighted by molar-refractivity contribution is 9.11. The van der Waals surface area contributed by atoms with Gasteiger partial charge in [0.15, 0.2) is 0 Å². The number of hydrogen-bond donors (Lipinski definition) is 0. The highest BCUT2D eigenvalue weighted by Gasteiger charge is 2.40. The predicted molar refractivity (Wildman–Crippen MR) is 276 cm³/mol. The number of halogens is 4. The Hall–Kier alpha value is -3.31. The van der Waals surface area contributed by atoms with Gasteiger partial charge in [-0.05, 0) is 114 Å². The Bertz CT molecular complexity index is 2020. The molecule has 13 heteroatoms. The molecule has 0 unspecified atom stereocenters. The van der Waals surface area contributed by atoms with Crippen molar-refractivity contribution in [3.05, 3.63) is 86.7 Å². The summed E-state index contributed by atoms with van der Waals surface area (Å²) in [5, 5.41) is 7.32. The molecule has 9 rings (SSSR count). The van der Waals surface area contributed by atoms with E-state index in [4.69, 9.17) is 43.2 Å². The Morgan fingerprint density at radius 3 is 0.687 bits per heavy atom. The minimum Gasteiger partial charge on any atom is -0.456 e. The Labute approximate surface area is 430 Å². The summed E-state index contributed by atoms with van der Waals surface area (Å²) in [5.74, 6) is 5.77. The lowest BCUT2D eigenvalue weighted by Crippen LogP contribution is -2.23. The number of ether oxygens (including phenoxy) is 8. The fraction of sp³-hybridized carbons (Fsp3) is 0.537. The van der Waals surface area contributed by atoms with Crippen LogP contribution in [0.3, 0.4) is 0 Å². The zero-order valence-corrected chi connectivity index (χ0v) is 45.8. The quantitative estimate of drug-likeness (QED) is 0.102. The molecule has 1 aliphatic carbocycles. The maximum Gasteiger partial charge on any atom is 0.231 e. The summed E-state index contributed by atoms with van der Waals surface area (Å²) in [4.78, 5) is 0. The highest BCUT2D eigenvalue weighted by atomic mass is 79.9. The molecule has 0 saturated carbocycles. The summed E-state index contributed by atoms with van der Waals surface area (Å²) >= 11 is 16.4. The molecule has 0 aromatic heterocycles. The number of nitrogens with zero attached hydrogens (tertiary/aromatic N) is 1. The van der Waals surface area contributed by atoms with E-state index in [-0.39, 0.29) is 50.8 Å². The third kappa shape index (κ3) is 9.90. The molecule has 0 spiro atoms. The Morgan fingerprint density at radius 1 is 0.373 bits per heavy atom. The van der Waals surface area contributed by atoms with E-state index >= 15 is 0 Å². The van der Waals surface area contributed by atoms with Crippen LogP contribution in [0.15, 0.2) is 42.2 Å². The molecule has 0 radical (unpaired) electrons. The second-order valence-electron chi connectivity index (χ2n) is 18.2. The van der Waals surface area contributed by atoms with Gasteiger partial charge in [-0.15, -0.1) is 0 Å². The van der Waals surface area contributed by atoms with Gasteiger partial charge in [0.05, 0.1) is 6.07 Å². The minimum atomic E-state index is -0.0625. The van der Waals surface area contributed by atoms with Crippen LogP contribution in [0.1, 0.15) is 206 Å². The number of hydrogen-bond acceptors (Lipinski definition) is 9. The molecule has 0 atom stereocenters. The topological polar surface area (TPSA) is 97.6 Å². The lowest BCUT2D eigenvalue weighted by molar-refractivity contribution is 0.0954. The molecule has 0 saturated heterocycles. The summed E-state index contributed by atoms with van der Waals surface area (Å²) in [6.07, 6.45) is 16.7. The van der Waals surface area contributed by atoms with Crippen molar-refractivity contribution < 1.29 is 37.9 Å². The predicted octanol–water partition coefficient (Wildman–Crippen LogP) is 17.3. The molecule has 5 aliphatic rings. The van der Waals surface area contributed by atoms with E-state index in [2.05, 4.69) is 116 Å². The van der Waals surface area contributed by atoms with E-state index in [1.807, 2.05) is 0 Å². The molecular formula is C54H63Br4NO8. The molecular weight excluding hydrogens is 1110 g/mol. The van der Waals surface area contributed by atoms with Crippen LogP contribution in [0, 0.1) is 11.3 Å². The molecule has 360 valence electrons. The minimum absolute atomic E-state index is 0.00651. The zero-order valence-electron chi connectivity index (χ0n) is 39.5. The zero-order chi connectivity index (χ0) is 47.2. The van der Waals surface area contributed by atoms with Crippen molar-refractivity contribution in [2.45, 2.75) is 161 Å². The van der Waals surface area contributed by atoms with Gasteiger partial charge < -0.3 is 37.9 Å². The van der Waals surface area contributed by atoms with Gasteiger partial charge in [0.1, 0.15) is 63.9 Å². The molecule has 0 N–H and O–H groups in total. The summed E-state index contributed by atoms with van der Waals surface area (Å²) in [7, 11) is 0. The van der Waals surface area contributed by atoms with Gasteiger partial charge in [-0.2, -0.15) is 5.26 Å². The van der Waals surface area contributed by atoms with Gasteiger partial charge in [0.25, 0.3) is 0 Å². The third-order valence-corrected chi connectivity index (χ3v) is 16.8. The molecule has 0 fully saturated rings. The molecule has 4 heterocycles. The normalized spacial score (nSPS) is 19.0. The van der Waals surface area contributed by atoms with Crippen LogP contribution < -0.4 is 37.9 Å². The SMILES string of the molecule is CC#N.CCCCCC1c2cc3c4c(Br)c2OCOc2c1cc1c(c2Br)OCOc2c(cc5c(c2Br)OCOc2c(cc(c(c2Br)OCO4)C3CCCCC)C5CCCCC)C1CCCCC. The fourth-order valence-electron chi connectivity index (χ4n) is 10.8. The first-order valence-electron chi connectivity index (χ1n) is 24.5. The summed E-state index contributed by atoms with van der Waals surface area (Å²) < 4.78 is 56.9. The maximum absolute atomic E-state index is 7.32. The first kappa shape index (κ1) is 50.1. The van der Waals surface area contributed by atoms with Crippen molar-refractivity contribution in [3.63, 3.8) is 0 Å². The average molecular weight is 1170 g/mol. The largest absolute Gasteiger partial charge is 0.456 e. The van der Waals surface area contributed by atoms with Crippen LogP contribution in [-0.2, 0) is 0 Å². The number of rotatable bonds is 16. The molecule has 0 amide bonds. The Kier molecular flexibility index (Phi) is 17.2. The van der Waals surface area contributed by atoms with Crippen molar-refractivity contribution in [2.24, 2.45) is 0 Å². The van der Waals surface area contributed by atoms with Gasteiger partial charge >= 0.3 is 0 Å². The summed E-state index contributed by atoms with van der Waals surface area (Å²) in [5.41, 5.74) is 9.06. The molecule has 4 aromatic carbocycles. The van der Waals surface area contributed by atoms with Crippen LogP contribution in [-0.4, -0.2) is 27.2 Å². The Morgan fingerprint density at radius 2 is 0.537 bits per heavy atom. The Balaban J connectivity index is 0.00000198. The van der Waals surface area contributed by atoms with Crippen molar-refractivity contribution in [2.75, 3.05) is 27.2 Å². The van der Waals surface area contributed by atoms with Crippen LogP contribution in [0.4, 0.5) is 0 Å². The van der Waals surface area contributed by atoms with E-state index in [1.54, 1.807) is 6.07 Å². The monoisotopic (exact) mass is 1170 g/mol. The van der Waals surface area contributed by atoms with E-state index in [0.717, 1.165) is 211 Å². The van der Waals surface area contributed by atoms with Crippen molar-refractivity contribution >= 4 is 63.7 Å². The molecule has 67 heavy (non-hydrogen) atoms. The first-order chi connectivity index (χ1) is 32.7. The summed E-state index contributed by atoms with van der Waals surface area (Å²) in [6.45, 7) is 10.5. The van der Waals surface area contributed by atoms with E-state index in [9.17, 15) is 0 Å². The maximum atomic E-state index is 7.32.